The van der Waals surface area contributed by atoms with Crippen LogP contribution in [0.2, 0.25) is 0 Å². The van der Waals surface area contributed by atoms with E-state index in [1.54, 1.807) is 0 Å². The SMILES string of the molecule is Cc1ccc2c(c1)nc(C(C)Cl)n2C1CCC(C)C1C. The number of aromatic nitrogens is 2. The van der Waals surface area contributed by atoms with Crippen LogP contribution in [0.4, 0.5) is 0 Å². The molecule has 1 fully saturated rings. The van der Waals surface area contributed by atoms with Crippen LogP contribution in [0.15, 0.2) is 18.2 Å². The molecule has 0 bridgehead atoms. The monoisotopic (exact) mass is 290 g/mol. The highest BCUT2D eigenvalue weighted by molar-refractivity contribution is 6.20. The number of fused-ring (bicyclic) bond motifs is 1. The molecule has 1 aromatic heterocycles. The zero-order valence-corrected chi connectivity index (χ0v) is 13.5. The van der Waals surface area contributed by atoms with Gasteiger partial charge in [-0.1, -0.05) is 19.9 Å². The normalized spacial score (nSPS) is 28.1. The Morgan fingerprint density at radius 3 is 2.65 bits per heavy atom. The summed E-state index contributed by atoms with van der Waals surface area (Å²) in [4.78, 5) is 4.81. The maximum absolute atomic E-state index is 6.40. The highest BCUT2D eigenvalue weighted by atomic mass is 35.5. The van der Waals surface area contributed by atoms with Crippen LogP contribution in [0.25, 0.3) is 11.0 Å². The van der Waals surface area contributed by atoms with Gasteiger partial charge in [-0.25, -0.2) is 4.98 Å². The first-order chi connectivity index (χ1) is 9.49. The minimum absolute atomic E-state index is 0.0502. The highest BCUT2D eigenvalue weighted by Gasteiger charge is 2.33. The van der Waals surface area contributed by atoms with Gasteiger partial charge in [0.05, 0.1) is 16.4 Å². The number of hydrogen-bond donors (Lipinski definition) is 0. The predicted molar refractivity (Wildman–Crippen MR) is 85.3 cm³/mol. The van der Waals surface area contributed by atoms with E-state index in [1.165, 1.54) is 23.9 Å². The lowest BCUT2D eigenvalue weighted by Gasteiger charge is -2.23. The molecule has 20 heavy (non-hydrogen) atoms. The smallest absolute Gasteiger partial charge is 0.127 e. The summed E-state index contributed by atoms with van der Waals surface area (Å²) in [6, 6.07) is 7.08. The van der Waals surface area contributed by atoms with Gasteiger partial charge >= 0.3 is 0 Å². The number of benzene rings is 1. The summed E-state index contributed by atoms with van der Waals surface area (Å²) in [7, 11) is 0. The van der Waals surface area contributed by atoms with Crippen LogP contribution in [0.3, 0.4) is 0 Å². The molecule has 1 aliphatic rings. The van der Waals surface area contributed by atoms with Crippen LogP contribution < -0.4 is 0 Å². The minimum atomic E-state index is -0.0502. The molecule has 3 rings (SSSR count). The van der Waals surface area contributed by atoms with Gasteiger partial charge in [0, 0.05) is 6.04 Å². The van der Waals surface area contributed by atoms with Crippen LogP contribution in [0.1, 0.15) is 56.4 Å². The Hall–Kier alpha value is -1.02. The largest absolute Gasteiger partial charge is 0.323 e. The summed E-state index contributed by atoms with van der Waals surface area (Å²) in [5.41, 5.74) is 3.58. The van der Waals surface area contributed by atoms with Crippen molar-refractivity contribution in [3.05, 3.63) is 29.6 Å². The van der Waals surface area contributed by atoms with Crippen molar-refractivity contribution in [3.63, 3.8) is 0 Å². The average molecular weight is 291 g/mol. The van der Waals surface area contributed by atoms with E-state index in [0.717, 1.165) is 17.3 Å². The van der Waals surface area contributed by atoms with Crippen molar-refractivity contribution >= 4 is 22.6 Å². The Morgan fingerprint density at radius 2 is 2.05 bits per heavy atom. The lowest BCUT2D eigenvalue weighted by atomic mass is 9.97. The third-order valence-corrected chi connectivity index (χ3v) is 5.18. The number of nitrogens with zero attached hydrogens (tertiary/aromatic N) is 2. The molecule has 4 unspecified atom stereocenters. The zero-order chi connectivity index (χ0) is 14.4. The first-order valence-corrected chi connectivity index (χ1v) is 8.05. The van der Waals surface area contributed by atoms with Gasteiger partial charge in [0.2, 0.25) is 0 Å². The van der Waals surface area contributed by atoms with E-state index < -0.39 is 0 Å². The molecular formula is C17H23ClN2. The number of aryl methyl sites for hydroxylation is 1. The maximum atomic E-state index is 6.40. The summed E-state index contributed by atoms with van der Waals surface area (Å²) in [6.07, 6.45) is 2.53. The van der Waals surface area contributed by atoms with Crippen LogP contribution >= 0.6 is 11.6 Å². The zero-order valence-electron chi connectivity index (χ0n) is 12.7. The van der Waals surface area contributed by atoms with Crippen molar-refractivity contribution in [2.75, 3.05) is 0 Å². The second-order valence-corrected chi connectivity index (χ2v) is 7.08. The Labute approximate surface area is 126 Å². The van der Waals surface area contributed by atoms with E-state index in [2.05, 4.69) is 43.5 Å². The molecule has 0 N–H and O–H groups in total. The third kappa shape index (κ3) is 2.14. The fourth-order valence-electron chi connectivity index (χ4n) is 3.56. The van der Waals surface area contributed by atoms with Gasteiger partial charge in [-0.05, 0) is 56.2 Å². The molecule has 2 nitrogen and oxygen atoms in total. The van der Waals surface area contributed by atoms with Gasteiger partial charge in [-0.3, -0.25) is 0 Å². The van der Waals surface area contributed by atoms with Gasteiger partial charge in [0.15, 0.2) is 0 Å². The number of rotatable bonds is 2. The minimum Gasteiger partial charge on any atom is -0.323 e. The fraction of sp³-hybridized carbons (Fsp3) is 0.588. The lowest BCUT2D eigenvalue weighted by molar-refractivity contribution is 0.352. The molecule has 3 heteroatoms. The second kappa shape index (κ2) is 5.07. The van der Waals surface area contributed by atoms with Crippen molar-refractivity contribution in [1.82, 2.24) is 9.55 Å². The number of halogens is 1. The van der Waals surface area contributed by atoms with E-state index >= 15 is 0 Å². The quantitative estimate of drug-likeness (QED) is 0.691. The van der Waals surface area contributed by atoms with Crippen LogP contribution in [-0.4, -0.2) is 9.55 Å². The van der Waals surface area contributed by atoms with E-state index in [-0.39, 0.29) is 5.38 Å². The maximum Gasteiger partial charge on any atom is 0.127 e. The molecule has 0 saturated heterocycles. The van der Waals surface area contributed by atoms with Crippen molar-refractivity contribution in [3.8, 4) is 0 Å². The van der Waals surface area contributed by atoms with E-state index in [1.807, 2.05) is 6.92 Å². The Kier molecular flexibility index (Phi) is 3.53. The first kappa shape index (κ1) is 13.9. The lowest BCUT2D eigenvalue weighted by Crippen LogP contribution is -2.17. The predicted octanol–water partition coefficient (Wildman–Crippen LogP) is 5.25. The van der Waals surface area contributed by atoms with Gasteiger partial charge in [-0.15, -0.1) is 11.6 Å². The molecule has 1 saturated carbocycles. The summed E-state index contributed by atoms with van der Waals surface area (Å²) in [5, 5.41) is -0.0502. The molecule has 4 atom stereocenters. The molecule has 1 heterocycles. The molecule has 1 aromatic carbocycles. The summed E-state index contributed by atoms with van der Waals surface area (Å²) in [6.45, 7) is 8.86. The first-order valence-electron chi connectivity index (χ1n) is 7.61. The molecule has 108 valence electrons. The number of hydrogen-bond acceptors (Lipinski definition) is 1. The van der Waals surface area contributed by atoms with Crippen molar-refractivity contribution < 1.29 is 0 Å². The Morgan fingerprint density at radius 1 is 1.30 bits per heavy atom. The topological polar surface area (TPSA) is 17.8 Å². The molecule has 0 radical (unpaired) electrons. The summed E-state index contributed by atoms with van der Waals surface area (Å²) >= 11 is 6.40. The second-order valence-electron chi connectivity index (χ2n) is 6.43. The van der Waals surface area contributed by atoms with Crippen molar-refractivity contribution in [2.24, 2.45) is 11.8 Å². The van der Waals surface area contributed by atoms with Crippen LogP contribution in [0, 0.1) is 18.8 Å². The molecular weight excluding hydrogens is 268 g/mol. The molecule has 2 aromatic rings. The molecule has 0 spiro atoms. The Balaban J connectivity index is 2.19. The molecule has 0 amide bonds. The number of imidazole rings is 1. The third-order valence-electron chi connectivity index (χ3n) is 4.98. The van der Waals surface area contributed by atoms with Gasteiger partial charge in [0.25, 0.3) is 0 Å². The Bertz CT molecular complexity index is 629. The van der Waals surface area contributed by atoms with E-state index in [4.69, 9.17) is 16.6 Å². The summed E-state index contributed by atoms with van der Waals surface area (Å²) in [5.74, 6) is 2.49. The highest BCUT2D eigenvalue weighted by Crippen LogP contribution is 2.43. The van der Waals surface area contributed by atoms with Gasteiger partial charge < -0.3 is 4.57 Å². The molecule has 0 aliphatic heterocycles. The number of alkyl halides is 1. The fourth-order valence-corrected chi connectivity index (χ4v) is 3.71. The summed E-state index contributed by atoms with van der Waals surface area (Å²) < 4.78 is 2.42. The molecule has 1 aliphatic carbocycles. The van der Waals surface area contributed by atoms with E-state index in [9.17, 15) is 0 Å². The van der Waals surface area contributed by atoms with Crippen LogP contribution in [0.5, 0.6) is 0 Å². The van der Waals surface area contributed by atoms with Crippen molar-refractivity contribution in [1.29, 1.82) is 0 Å². The van der Waals surface area contributed by atoms with E-state index in [0.29, 0.717) is 12.0 Å². The van der Waals surface area contributed by atoms with Gasteiger partial charge in [0.1, 0.15) is 5.82 Å². The van der Waals surface area contributed by atoms with Crippen LogP contribution in [-0.2, 0) is 0 Å². The van der Waals surface area contributed by atoms with Crippen molar-refractivity contribution in [2.45, 2.75) is 52.0 Å². The van der Waals surface area contributed by atoms with Gasteiger partial charge in [-0.2, -0.15) is 0 Å². The average Bonchev–Trinajstić information content (AvgIpc) is 2.91. The standard InChI is InChI=1S/C17H23ClN2/c1-10-5-7-16-14(9-10)19-17(13(4)18)20(16)15-8-6-11(2)12(15)3/h5,7,9,11-13,15H,6,8H2,1-4H3.